The van der Waals surface area contributed by atoms with E-state index in [0.29, 0.717) is 17.6 Å². The highest BCUT2D eigenvalue weighted by Crippen LogP contribution is 2.30. The van der Waals surface area contributed by atoms with Gasteiger partial charge in [-0.3, -0.25) is 0 Å². The number of aryl methyl sites for hydroxylation is 1. The monoisotopic (exact) mass is 390 g/mol. The molecule has 0 saturated carbocycles. The van der Waals surface area contributed by atoms with Gasteiger partial charge in [-0.2, -0.15) is 0 Å². The highest BCUT2D eigenvalue weighted by atomic mass is 79.9. The number of sulfonamides is 1. The second-order valence-corrected chi connectivity index (χ2v) is 8.42. The third kappa shape index (κ3) is 4.08. The number of rotatable bonds is 6. The lowest BCUT2D eigenvalue weighted by atomic mass is 9.80. The summed E-state index contributed by atoms with van der Waals surface area (Å²) in [6, 6.07) is 5.25. The number of nitrogens with one attached hydrogen (secondary N) is 2. The molecule has 0 radical (unpaired) electrons. The van der Waals surface area contributed by atoms with Gasteiger partial charge in [0.2, 0.25) is 10.0 Å². The molecule has 2 rings (SSSR count). The summed E-state index contributed by atoms with van der Waals surface area (Å²) in [6.45, 7) is 4.61. The maximum absolute atomic E-state index is 12.6. The fourth-order valence-corrected chi connectivity index (χ4v) is 5.00. The van der Waals surface area contributed by atoms with Crippen LogP contribution in [0.15, 0.2) is 27.6 Å². The highest BCUT2D eigenvalue weighted by Gasteiger charge is 2.34. The maximum Gasteiger partial charge on any atom is 0.241 e. The van der Waals surface area contributed by atoms with Gasteiger partial charge in [-0.25, -0.2) is 13.1 Å². The summed E-state index contributed by atoms with van der Waals surface area (Å²) in [4.78, 5) is 0.286. The normalized spacial score (nSPS) is 18.3. The molecule has 0 bridgehead atoms. The average molecular weight is 391 g/mol. The molecule has 0 spiro atoms. The van der Waals surface area contributed by atoms with E-state index in [1.807, 2.05) is 13.0 Å². The fourth-order valence-electron chi connectivity index (χ4n) is 2.79. The standard InChI is InChI=1S/C15H23BrN2O3S/c1-12-4-3-5-13(14(12)16)22(19,20)18-10-15(11-21-2)6-8-17-9-7-15/h3-5,17-18H,6-11H2,1-2H3. The molecule has 0 amide bonds. The van der Waals surface area contributed by atoms with Crippen molar-refractivity contribution in [2.45, 2.75) is 24.7 Å². The molecule has 1 heterocycles. The summed E-state index contributed by atoms with van der Waals surface area (Å²) >= 11 is 3.37. The van der Waals surface area contributed by atoms with Gasteiger partial charge >= 0.3 is 0 Å². The Morgan fingerprint density at radius 2 is 2.05 bits per heavy atom. The Kier molecular flexibility index (Phi) is 6.01. The Hall–Kier alpha value is -0.470. The number of halogens is 1. The van der Waals surface area contributed by atoms with E-state index in [4.69, 9.17) is 4.74 Å². The molecule has 0 atom stereocenters. The largest absolute Gasteiger partial charge is 0.384 e. The molecule has 7 heteroatoms. The third-order valence-corrected chi connectivity index (χ3v) is 6.96. The minimum atomic E-state index is -3.54. The van der Waals surface area contributed by atoms with Crippen molar-refractivity contribution in [3.05, 3.63) is 28.2 Å². The summed E-state index contributed by atoms with van der Waals surface area (Å²) in [5.41, 5.74) is 0.764. The molecule has 0 aromatic heterocycles. The zero-order valence-corrected chi connectivity index (χ0v) is 15.4. The molecule has 2 N–H and O–H groups in total. The van der Waals surface area contributed by atoms with Crippen molar-refractivity contribution < 1.29 is 13.2 Å². The summed E-state index contributed by atoms with van der Waals surface area (Å²) < 4.78 is 33.9. The first-order valence-electron chi connectivity index (χ1n) is 7.35. The first-order chi connectivity index (χ1) is 10.4. The molecular weight excluding hydrogens is 368 g/mol. The van der Waals surface area contributed by atoms with Gasteiger partial charge in [0.05, 0.1) is 11.5 Å². The minimum Gasteiger partial charge on any atom is -0.384 e. The second kappa shape index (κ2) is 7.40. The predicted molar refractivity (Wildman–Crippen MR) is 90.5 cm³/mol. The lowest BCUT2D eigenvalue weighted by Crippen LogP contribution is -2.47. The van der Waals surface area contributed by atoms with Crippen LogP contribution in [-0.4, -0.2) is 41.8 Å². The van der Waals surface area contributed by atoms with E-state index >= 15 is 0 Å². The molecular formula is C15H23BrN2O3S. The van der Waals surface area contributed by atoms with Crippen LogP contribution in [0.5, 0.6) is 0 Å². The van der Waals surface area contributed by atoms with Crippen LogP contribution in [0.2, 0.25) is 0 Å². The number of hydrogen-bond acceptors (Lipinski definition) is 4. The van der Waals surface area contributed by atoms with Gasteiger partial charge in [0.15, 0.2) is 0 Å². The van der Waals surface area contributed by atoms with Crippen LogP contribution in [0, 0.1) is 12.3 Å². The SMILES string of the molecule is COCC1(CNS(=O)(=O)c2cccc(C)c2Br)CCNCC1. The lowest BCUT2D eigenvalue weighted by Gasteiger charge is -2.37. The Bertz CT molecular complexity index is 608. The van der Waals surface area contributed by atoms with Crippen LogP contribution in [0.4, 0.5) is 0 Å². The summed E-state index contributed by atoms with van der Waals surface area (Å²) in [7, 11) is -1.88. The zero-order valence-electron chi connectivity index (χ0n) is 13.0. The number of piperidine rings is 1. The molecule has 1 aromatic carbocycles. The van der Waals surface area contributed by atoms with Gasteiger partial charge in [0.25, 0.3) is 0 Å². The smallest absolute Gasteiger partial charge is 0.241 e. The van der Waals surface area contributed by atoms with Crippen molar-refractivity contribution in [3.63, 3.8) is 0 Å². The molecule has 0 aliphatic carbocycles. The van der Waals surface area contributed by atoms with Crippen LogP contribution in [-0.2, 0) is 14.8 Å². The van der Waals surface area contributed by atoms with E-state index in [9.17, 15) is 8.42 Å². The van der Waals surface area contributed by atoms with Gasteiger partial charge in [-0.05, 0) is 60.4 Å². The number of hydrogen-bond donors (Lipinski definition) is 2. The first kappa shape index (κ1) is 17.9. The van der Waals surface area contributed by atoms with Crippen molar-refractivity contribution in [2.24, 2.45) is 5.41 Å². The maximum atomic E-state index is 12.6. The van der Waals surface area contributed by atoms with Crippen molar-refractivity contribution in [2.75, 3.05) is 33.4 Å². The Balaban J connectivity index is 2.16. The van der Waals surface area contributed by atoms with Gasteiger partial charge in [0.1, 0.15) is 0 Å². The van der Waals surface area contributed by atoms with E-state index in [1.54, 1.807) is 19.2 Å². The van der Waals surface area contributed by atoms with Crippen molar-refractivity contribution in [3.8, 4) is 0 Å². The number of benzene rings is 1. The Labute approximate surface area is 141 Å². The third-order valence-electron chi connectivity index (χ3n) is 4.20. The number of methoxy groups -OCH3 is 1. The minimum absolute atomic E-state index is 0.136. The topological polar surface area (TPSA) is 67.4 Å². The second-order valence-electron chi connectivity index (χ2n) is 5.89. The van der Waals surface area contributed by atoms with Crippen LogP contribution in [0.3, 0.4) is 0 Å². The van der Waals surface area contributed by atoms with E-state index in [1.165, 1.54) is 0 Å². The molecule has 22 heavy (non-hydrogen) atoms. The van der Waals surface area contributed by atoms with Gasteiger partial charge in [0, 0.05) is 23.5 Å². The molecule has 1 aliphatic rings. The van der Waals surface area contributed by atoms with E-state index in [2.05, 4.69) is 26.0 Å². The Morgan fingerprint density at radius 3 is 2.68 bits per heavy atom. The summed E-state index contributed by atoms with van der Waals surface area (Å²) in [5.74, 6) is 0. The summed E-state index contributed by atoms with van der Waals surface area (Å²) in [6.07, 6.45) is 1.80. The Morgan fingerprint density at radius 1 is 1.36 bits per heavy atom. The molecule has 1 saturated heterocycles. The highest BCUT2D eigenvalue weighted by molar-refractivity contribution is 9.10. The number of ether oxygens (including phenoxy) is 1. The van der Waals surface area contributed by atoms with E-state index < -0.39 is 10.0 Å². The van der Waals surface area contributed by atoms with Crippen LogP contribution < -0.4 is 10.0 Å². The van der Waals surface area contributed by atoms with Crippen molar-refractivity contribution in [1.82, 2.24) is 10.0 Å². The molecule has 1 aromatic rings. The van der Waals surface area contributed by atoms with Crippen LogP contribution in [0.1, 0.15) is 18.4 Å². The van der Waals surface area contributed by atoms with Crippen LogP contribution in [0.25, 0.3) is 0 Å². The first-order valence-corrected chi connectivity index (χ1v) is 9.62. The summed E-state index contributed by atoms with van der Waals surface area (Å²) in [5, 5.41) is 3.30. The van der Waals surface area contributed by atoms with E-state index in [0.717, 1.165) is 31.5 Å². The molecule has 1 fully saturated rings. The van der Waals surface area contributed by atoms with Gasteiger partial charge in [-0.15, -0.1) is 0 Å². The van der Waals surface area contributed by atoms with Gasteiger partial charge in [-0.1, -0.05) is 12.1 Å². The molecule has 1 aliphatic heterocycles. The van der Waals surface area contributed by atoms with Crippen molar-refractivity contribution in [1.29, 1.82) is 0 Å². The van der Waals surface area contributed by atoms with Crippen LogP contribution >= 0.6 is 15.9 Å². The van der Waals surface area contributed by atoms with Crippen molar-refractivity contribution >= 4 is 26.0 Å². The lowest BCUT2D eigenvalue weighted by molar-refractivity contribution is 0.0577. The molecule has 5 nitrogen and oxygen atoms in total. The molecule has 124 valence electrons. The molecule has 0 unspecified atom stereocenters. The fraction of sp³-hybridized carbons (Fsp3) is 0.600. The zero-order chi connectivity index (χ0) is 16.2. The average Bonchev–Trinajstić information content (AvgIpc) is 2.49. The predicted octanol–water partition coefficient (Wildman–Crippen LogP) is 2.05. The van der Waals surface area contributed by atoms with Gasteiger partial charge < -0.3 is 10.1 Å². The van der Waals surface area contributed by atoms with E-state index in [-0.39, 0.29) is 10.3 Å². The quantitative estimate of drug-likeness (QED) is 0.779.